The van der Waals surface area contributed by atoms with Crippen LogP contribution >= 0.6 is 0 Å². The average molecular weight is 270 g/mol. The third kappa shape index (κ3) is 3.66. The molecule has 7 nitrogen and oxygen atoms in total. The van der Waals surface area contributed by atoms with Crippen molar-refractivity contribution < 1.29 is 14.4 Å². The second-order valence-corrected chi connectivity index (χ2v) is 4.83. The minimum atomic E-state index is -0.664. The average Bonchev–Trinajstić information content (AvgIpc) is 2.85. The fraction of sp³-hybridized carbons (Fsp3) is 0.750. The number of hydrogen-bond acceptors (Lipinski definition) is 4. The number of nitrogens with two attached hydrogens (primary N) is 1. The van der Waals surface area contributed by atoms with Gasteiger partial charge in [-0.1, -0.05) is 0 Å². The molecule has 3 unspecified atom stereocenters. The van der Waals surface area contributed by atoms with Gasteiger partial charge in [0.2, 0.25) is 17.7 Å². The van der Waals surface area contributed by atoms with Crippen LogP contribution in [0.1, 0.15) is 26.7 Å². The van der Waals surface area contributed by atoms with E-state index >= 15 is 0 Å². The molecule has 0 spiro atoms. The summed E-state index contributed by atoms with van der Waals surface area (Å²) in [6.07, 6.45) is 1.35. The molecule has 0 aromatic heterocycles. The molecule has 0 bridgehead atoms. The Hall–Kier alpha value is -1.63. The number of rotatable bonds is 5. The molecular weight excluding hydrogens is 248 g/mol. The number of nitrogens with zero attached hydrogens (tertiary/aromatic N) is 1. The summed E-state index contributed by atoms with van der Waals surface area (Å²) >= 11 is 0. The normalized spacial score (nSPS) is 21.8. The molecule has 19 heavy (non-hydrogen) atoms. The van der Waals surface area contributed by atoms with Gasteiger partial charge in [0.05, 0.1) is 6.04 Å². The van der Waals surface area contributed by atoms with Crippen LogP contribution in [0.3, 0.4) is 0 Å². The predicted molar refractivity (Wildman–Crippen MR) is 70.1 cm³/mol. The van der Waals surface area contributed by atoms with Crippen LogP contribution in [-0.2, 0) is 14.4 Å². The molecular formula is C12H22N4O3. The quantitative estimate of drug-likeness (QED) is 0.570. The number of amides is 3. The first-order valence-corrected chi connectivity index (χ1v) is 6.46. The van der Waals surface area contributed by atoms with E-state index in [1.807, 2.05) is 0 Å². The number of nitrogens with one attached hydrogen (secondary N) is 2. The zero-order chi connectivity index (χ0) is 14.6. The first-order chi connectivity index (χ1) is 8.88. The van der Waals surface area contributed by atoms with Crippen LogP contribution in [0.2, 0.25) is 0 Å². The predicted octanol–water partition coefficient (Wildman–Crippen LogP) is -1.42. The molecule has 0 saturated carbocycles. The maximum atomic E-state index is 12.2. The van der Waals surface area contributed by atoms with Crippen LogP contribution in [0.25, 0.3) is 0 Å². The van der Waals surface area contributed by atoms with Crippen molar-refractivity contribution in [3.63, 3.8) is 0 Å². The first kappa shape index (κ1) is 15.4. The van der Waals surface area contributed by atoms with Crippen molar-refractivity contribution in [3.8, 4) is 0 Å². The van der Waals surface area contributed by atoms with E-state index in [9.17, 15) is 14.4 Å². The van der Waals surface area contributed by atoms with E-state index < -0.39 is 18.0 Å². The van der Waals surface area contributed by atoms with Crippen LogP contribution in [0.15, 0.2) is 0 Å². The van der Waals surface area contributed by atoms with Gasteiger partial charge in [-0.05, 0) is 33.7 Å². The molecule has 1 rings (SSSR count). The lowest BCUT2D eigenvalue weighted by Gasteiger charge is -2.26. The summed E-state index contributed by atoms with van der Waals surface area (Å²) in [6, 6.07) is -1.59. The fourth-order valence-electron chi connectivity index (χ4n) is 2.11. The van der Waals surface area contributed by atoms with Gasteiger partial charge < -0.3 is 21.3 Å². The van der Waals surface area contributed by atoms with Crippen molar-refractivity contribution in [2.75, 3.05) is 13.6 Å². The van der Waals surface area contributed by atoms with Gasteiger partial charge in [-0.15, -0.1) is 0 Å². The van der Waals surface area contributed by atoms with Gasteiger partial charge >= 0.3 is 0 Å². The molecule has 1 heterocycles. The van der Waals surface area contributed by atoms with E-state index in [0.717, 1.165) is 6.42 Å². The largest absolute Gasteiger partial charge is 0.368 e. The van der Waals surface area contributed by atoms with Crippen LogP contribution < -0.4 is 16.4 Å². The smallest absolute Gasteiger partial charge is 0.245 e. The van der Waals surface area contributed by atoms with Gasteiger partial charge in [-0.2, -0.15) is 0 Å². The van der Waals surface area contributed by atoms with Crippen molar-refractivity contribution in [2.45, 2.75) is 44.8 Å². The highest BCUT2D eigenvalue weighted by Gasteiger charge is 2.35. The van der Waals surface area contributed by atoms with Crippen LogP contribution in [0, 0.1) is 0 Å². The lowest BCUT2D eigenvalue weighted by atomic mass is 10.2. The summed E-state index contributed by atoms with van der Waals surface area (Å²) < 4.78 is 0. The van der Waals surface area contributed by atoms with Gasteiger partial charge in [0, 0.05) is 6.54 Å². The number of hydrogen-bond donors (Lipinski definition) is 3. The van der Waals surface area contributed by atoms with Crippen molar-refractivity contribution in [1.29, 1.82) is 0 Å². The first-order valence-electron chi connectivity index (χ1n) is 6.46. The highest BCUT2D eigenvalue weighted by Crippen LogP contribution is 2.17. The molecule has 0 radical (unpaired) electrons. The van der Waals surface area contributed by atoms with Gasteiger partial charge in [-0.3, -0.25) is 14.4 Å². The Labute approximate surface area is 112 Å². The van der Waals surface area contributed by atoms with Crippen LogP contribution in [0.5, 0.6) is 0 Å². The Bertz CT molecular complexity index is 372. The number of primary amides is 1. The summed E-state index contributed by atoms with van der Waals surface area (Å²) in [5, 5.41) is 5.42. The summed E-state index contributed by atoms with van der Waals surface area (Å²) in [7, 11) is 1.67. The summed E-state index contributed by atoms with van der Waals surface area (Å²) in [5.74, 6) is -1.01. The number of carbonyl (C=O) groups excluding carboxylic acids is 3. The Morgan fingerprint density at radius 2 is 1.89 bits per heavy atom. The van der Waals surface area contributed by atoms with E-state index in [4.69, 9.17) is 5.73 Å². The number of carbonyl (C=O) groups is 3. The highest BCUT2D eigenvalue weighted by molar-refractivity contribution is 5.92. The van der Waals surface area contributed by atoms with E-state index in [-0.39, 0.29) is 17.9 Å². The van der Waals surface area contributed by atoms with Crippen molar-refractivity contribution >= 4 is 17.7 Å². The zero-order valence-corrected chi connectivity index (χ0v) is 11.6. The molecule has 4 N–H and O–H groups in total. The van der Waals surface area contributed by atoms with Gasteiger partial charge in [0.15, 0.2) is 0 Å². The monoisotopic (exact) mass is 270 g/mol. The standard InChI is InChI=1S/C12H22N4O3/c1-7(14-3)11(18)15-8(2)12(19)16-6-4-5-9(16)10(13)17/h7-9,14H,4-6H2,1-3H3,(H2,13,17)(H,15,18). The molecule has 1 fully saturated rings. The molecule has 1 aliphatic rings. The molecule has 0 aliphatic carbocycles. The Morgan fingerprint density at radius 1 is 1.26 bits per heavy atom. The maximum absolute atomic E-state index is 12.2. The molecule has 3 atom stereocenters. The van der Waals surface area contributed by atoms with E-state index in [1.165, 1.54) is 4.90 Å². The molecule has 108 valence electrons. The van der Waals surface area contributed by atoms with Gasteiger partial charge in [0.25, 0.3) is 0 Å². The Kier molecular flexibility index (Phi) is 5.29. The maximum Gasteiger partial charge on any atom is 0.245 e. The lowest BCUT2D eigenvalue weighted by Crippen LogP contribution is -2.54. The van der Waals surface area contributed by atoms with Crippen molar-refractivity contribution in [3.05, 3.63) is 0 Å². The Balaban J connectivity index is 2.62. The molecule has 7 heteroatoms. The molecule has 3 amide bonds. The summed E-state index contributed by atoms with van der Waals surface area (Å²) in [4.78, 5) is 36.6. The topological polar surface area (TPSA) is 105 Å². The zero-order valence-electron chi connectivity index (χ0n) is 11.6. The van der Waals surface area contributed by atoms with Crippen LogP contribution in [0.4, 0.5) is 0 Å². The molecule has 0 aromatic carbocycles. The highest BCUT2D eigenvalue weighted by atomic mass is 16.2. The molecule has 0 aromatic rings. The van der Waals surface area contributed by atoms with Crippen molar-refractivity contribution in [2.24, 2.45) is 5.73 Å². The summed E-state index contributed by atoms with van der Waals surface area (Å²) in [5.41, 5.74) is 5.27. The summed E-state index contributed by atoms with van der Waals surface area (Å²) in [6.45, 7) is 3.82. The van der Waals surface area contributed by atoms with Gasteiger partial charge in [0.1, 0.15) is 12.1 Å². The van der Waals surface area contributed by atoms with Crippen molar-refractivity contribution in [1.82, 2.24) is 15.5 Å². The minimum absolute atomic E-state index is 0.252. The third-order valence-electron chi connectivity index (χ3n) is 3.42. The number of likely N-dealkylation sites (tertiary alicyclic amines) is 1. The fourth-order valence-corrected chi connectivity index (χ4v) is 2.11. The van der Waals surface area contributed by atoms with E-state index in [2.05, 4.69) is 10.6 Å². The number of likely N-dealkylation sites (N-methyl/N-ethyl adjacent to an activating group) is 1. The third-order valence-corrected chi connectivity index (χ3v) is 3.42. The minimum Gasteiger partial charge on any atom is -0.368 e. The van der Waals surface area contributed by atoms with Crippen LogP contribution in [-0.4, -0.2) is 54.3 Å². The lowest BCUT2D eigenvalue weighted by molar-refractivity contribution is -0.140. The Morgan fingerprint density at radius 3 is 2.42 bits per heavy atom. The van der Waals surface area contributed by atoms with E-state index in [1.54, 1.807) is 20.9 Å². The second-order valence-electron chi connectivity index (χ2n) is 4.83. The SMILES string of the molecule is CNC(C)C(=O)NC(C)C(=O)N1CCCC1C(N)=O. The molecule has 1 saturated heterocycles. The second kappa shape index (κ2) is 6.51. The van der Waals surface area contributed by atoms with E-state index in [0.29, 0.717) is 13.0 Å². The van der Waals surface area contributed by atoms with Gasteiger partial charge in [-0.25, -0.2) is 0 Å². The molecule has 1 aliphatic heterocycles.